The lowest BCUT2D eigenvalue weighted by Gasteiger charge is -2.25. The highest BCUT2D eigenvalue weighted by atomic mass is 35.5. The molecule has 0 aliphatic carbocycles. The molecule has 0 radical (unpaired) electrons. The number of aromatic nitrogens is 3. The van der Waals surface area contributed by atoms with Crippen LogP contribution in [0.5, 0.6) is 0 Å². The maximum Gasteiger partial charge on any atom is 0.226 e. The molecule has 1 aromatic heterocycles. The standard InChI is InChI=1S/C24H19ClN4/c1-16-26-24-27-22(15-23(29(24)28-16)20-9-5-6-10-21(20)25)19-13-11-18(12-14-19)17-7-3-2-4-8-17/h2-15,23H,1H3,(H,26,27,28). The second-order valence-electron chi connectivity index (χ2n) is 7.04. The monoisotopic (exact) mass is 398 g/mol. The van der Waals surface area contributed by atoms with Gasteiger partial charge < -0.3 is 5.32 Å². The molecule has 0 fully saturated rings. The number of rotatable bonds is 3. The van der Waals surface area contributed by atoms with Gasteiger partial charge in [-0.05, 0) is 41.3 Å². The number of halogens is 1. The number of nitrogens with one attached hydrogen (secondary N) is 1. The molecule has 3 aromatic carbocycles. The summed E-state index contributed by atoms with van der Waals surface area (Å²) in [5, 5.41) is 8.71. The molecule has 2 heterocycles. The third kappa shape index (κ3) is 3.32. The first-order chi connectivity index (χ1) is 14.2. The maximum atomic E-state index is 6.50. The SMILES string of the molecule is Cc1nc2n(n1)C(c1ccccc1Cl)C=C(c1ccc(-c3ccccc3)cc1)N2. The van der Waals surface area contributed by atoms with Crippen LogP contribution < -0.4 is 5.32 Å². The quantitative estimate of drug-likeness (QED) is 0.462. The minimum absolute atomic E-state index is 0.120. The summed E-state index contributed by atoms with van der Waals surface area (Å²) in [7, 11) is 0. The van der Waals surface area contributed by atoms with Crippen LogP contribution in [0.1, 0.15) is 23.0 Å². The Kier molecular flexibility index (Phi) is 4.41. The van der Waals surface area contributed by atoms with Crippen molar-refractivity contribution in [3.05, 3.63) is 107 Å². The molecule has 142 valence electrons. The van der Waals surface area contributed by atoms with Gasteiger partial charge in [0.25, 0.3) is 0 Å². The van der Waals surface area contributed by atoms with Crippen molar-refractivity contribution in [2.45, 2.75) is 13.0 Å². The number of anilines is 1. The number of benzene rings is 3. The van der Waals surface area contributed by atoms with Gasteiger partial charge in [-0.3, -0.25) is 0 Å². The van der Waals surface area contributed by atoms with E-state index in [2.05, 4.69) is 70.0 Å². The van der Waals surface area contributed by atoms with Crippen molar-refractivity contribution < 1.29 is 0 Å². The normalized spacial score (nSPS) is 15.4. The van der Waals surface area contributed by atoms with E-state index >= 15 is 0 Å². The van der Waals surface area contributed by atoms with Crippen molar-refractivity contribution in [2.75, 3.05) is 5.32 Å². The van der Waals surface area contributed by atoms with E-state index in [-0.39, 0.29) is 6.04 Å². The largest absolute Gasteiger partial charge is 0.324 e. The van der Waals surface area contributed by atoms with Gasteiger partial charge >= 0.3 is 0 Å². The maximum absolute atomic E-state index is 6.50. The van der Waals surface area contributed by atoms with Crippen molar-refractivity contribution in [1.82, 2.24) is 14.8 Å². The van der Waals surface area contributed by atoms with Gasteiger partial charge in [-0.1, -0.05) is 84.4 Å². The van der Waals surface area contributed by atoms with E-state index in [1.54, 1.807) is 0 Å². The minimum Gasteiger partial charge on any atom is -0.324 e. The lowest BCUT2D eigenvalue weighted by atomic mass is 9.99. The molecule has 4 nitrogen and oxygen atoms in total. The van der Waals surface area contributed by atoms with Crippen LogP contribution in [0.25, 0.3) is 16.8 Å². The zero-order chi connectivity index (χ0) is 19.8. The highest BCUT2D eigenvalue weighted by Crippen LogP contribution is 2.35. The summed E-state index contributed by atoms with van der Waals surface area (Å²) in [6.07, 6.45) is 2.15. The van der Waals surface area contributed by atoms with Gasteiger partial charge in [-0.15, -0.1) is 0 Å². The number of aryl methyl sites for hydroxylation is 1. The lowest BCUT2D eigenvalue weighted by molar-refractivity contribution is 0.607. The first kappa shape index (κ1) is 17.7. The van der Waals surface area contributed by atoms with Gasteiger partial charge in [0, 0.05) is 10.7 Å². The van der Waals surface area contributed by atoms with Crippen molar-refractivity contribution in [2.24, 2.45) is 0 Å². The predicted molar refractivity (Wildman–Crippen MR) is 118 cm³/mol. The molecule has 1 aliphatic rings. The molecule has 5 heteroatoms. The fourth-order valence-corrected chi connectivity index (χ4v) is 3.93. The summed E-state index contributed by atoms with van der Waals surface area (Å²) in [6.45, 7) is 1.89. The average molecular weight is 399 g/mol. The van der Waals surface area contributed by atoms with Gasteiger partial charge in [0.1, 0.15) is 11.9 Å². The first-order valence-electron chi connectivity index (χ1n) is 9.51. The van der Waals surface area contributed by atoms with Crippen molar-refractivity contribution in [3.63, 3.8) is 0 Å². The van der Waals surface area contributed by atoms with E-state index in [1.165, 1.54) is 11.1 Å². The van der Waals surface area contributed by atoms with E-state index < -0.39 is 0 Å². The van der Waals surface area contributed by atoms with Crippen molar-refractivity contribution >= 4 is 23.2 Å². The van der Waals surface area contributed by atoms with Gasteiger partial charge in [0.15, 0.2) is 0 Å². The fraction of sp³-hybridized carbons (Fsp3) is 0.0833. The van der Waals surface area contributed by atoms with Crippen LogP contribution >= 0.6 is 11.6 Å². The molecular weight excluding hydrogens is 380 g/mol. The number of allylic oxidation sites excluding steroid dienone is 1. The zero-order valence-electron chi connectivity index (χ0n) is 15.9. The number of nitrogens with zero attached hydrogens (tertiary/aromatic N) is 3. The van der Waals surface area contributed by atoms with Gasteiger partial charge in [0.05, 0.1) is 0 Å². The summed E-state index contributed by atoms with van der Waals surface area (Å²) >= 11 is 6.50. The van der Waals surface area contributed by atoms with Crippen LogP contribution in [0, 0.1) is 6.92 Å². The van der Waals surface area contributed by atoms with Crippen LogP contribution in [-0.2, 0) is 0 Å². The van der Waals surface area contributed by atoms with Gasteiger partial charge in [-0.2, -0.15) is 10.1 Å². The van der Waals surface area contributed by atoms with Gasteiger partial charge in [0.2, 0.25) is 5.95 Å². The van der Waals surface area contributed by atoms with Crippen molar-refractivity contribution in [3.8, 4) is 11.1 Å². The molecule has 1 N–H and O–H groups in total. The van der Waals surface area contributed by atoms with E-state index in [4.69, 9.17) is 11.6 Å². The van der Waals surface area contributed by atoms with Crippen LogP contribution in [0.3, 0.4) is 0 Å². The smallest absolute Gasteiger partial charge is 0.226 e. The summed E-state index contributed by atoms with van der Waals surface area (Å²) in [6, 6.07) is 26.7. The fourth-order valence-electron chi connectivity index (χ4n) is 3.68. The molecular formula is C24H19ClN4. The summed E-state index contributed by atoms with van der Waals surface area (Å²) < 4.78 is 1.89. The van der Waals surface area contributed by atoms with Crippen LogP contribution in [0.4, 0.5) is 5.95 Å². The van der Waals surface area contributed by atoms with Crippen LogP contribution in [0.15, 0.2) is 84.9 Å². The molecule has 1 aliphatic heterocycles. The molecule has 1 atom stereocenters. The summed E-state index contributed by atoms with van der Waals surface area (Å²) in [4.78, 5) is 4.55. The molecule has 1 unspecified atom stereocenters. The number of hydrogen-bond donors (Lipinski definition) is 1. The Hall–Kier alpha value is -3.37. The first-order valence-corrected chi connectivity index (χ1v) is 9.89. The average Bonchev–Trinajstić information content (AvgIpc) is 3.14. The highest BCUT2D eigenvalue weighted by molar-refractivity contribution is 6.31. The van der Waals surface area contributed by atoms with Crippen molar-refractivity contribution in [1.29, 1.82) is 0 Å². The molecule has 0 saturated carbocycles. The number of hydrogen-bond acceptors (Lipinski definition) is 3. The molecule has 0 amide bonds. The lowest BCUT2D eigenvalue weighted by Crippen LogP contribution is -2.20. The molecule has 0 spiro atoms. The minimum atomic E-state index is -0.120. The Morgan fingerprint density at radius 2 is 1.48 bits per heavy atom. The molecule has 0 saturated heterocycles. The summed E-state index contributed by atoms with van der Waals surface area (Å²) in [5.41, 5.74) is 5.48. The second kappa shape index (κ2) is 7.22. The van der Waals surface area contributed by atoms with E-state index in [1.807, 2.05) is 41.9 Å². The van der Waals surface area contributed by atoms with E-state index in [0.29, 0.717) is 5.02 Å². The van der Waals surface area contributed by atoms with Crippen LogP contribution in [-0.4, -0.2) is 14.8 Å². The van der Waals surface area contributed by atoms with Crippen LogP contribution in [0.2, 0.25) is 5.02 Å². The second-order valence-corrected chi connectivity index (χ2v) is 7.45. The summed E-state index contributed by atoms with van der Waals surface area (Å²) in [5.74, 6) is 1.44. The highest BCUT2D eigenvalue weighted by Gasteiger charge is 2.25. The molecule has 0 bridgehead atoms. The predicted octanol–water partition coefficient (Wildman–Crippen LogP) is 5.96. The Balaban J connectivity index is 1.55. The molecule has 29 heavy (non-hydrogen) atoms. The third-order valence-electron chi connectivity index (χ3n) is 5.10. The Morgan fingerprint density at radius 1 is 0.828 bits per heavy atom. The Morgan fingerprint density at radius 3 is 2.24 bits per heavy atom. The van der Waals surface area contributed by atoms with E-state index in [0.717, 1.165) is 28.6 Å². The zero-order valence-corrected chi connectivity index (χ0v) is 16.6. The Labute approximate surface area is 174 Å². The Bertz CT molecular complexity index is 1190. The molecule has 4 aromatic rings. The third-order valence-corrected chi connectivity index (χ3v) is 5.44. The molecule has 5 rings (SSSR count). The van der Waals surface area contributed by atoms with Gasteiger partial charge in [-0.25, -0.2) is 4.68 Å². The topological polar surface area (TPSA) is 42.7 Å². The number of fused-ring (bicyclic) bond motifs is 1. The van der Waals surface area contributed by atoms with E-state index in [9.17, 15) is 0 Å².